The summed E-state index contributed by atoms with van der Waals surface area (Å²) in [6.45, 7) is 0. The Morgan fingerprint density at radius 2 is 0.720 bits per heavy atom. The van der Waals surface area contributed by atoms with Gasteiger partial charge in [0.15, 0.2) is 11.6 Å². The van der Waals surface area contributed by atoms with Crippen molar-refractivity contribution >= 4 is 34.4 Å². The fourth-order valence-electron chi connectivity index (χ4n) is 7.70. The molecule has 242 valence electrons. The SMILES string of the molecule is COc1ccc(N=C2c3ccccc3C(=O)C2(c2ccccc2)C2(c3ccccc3)C(=O)c3ccccc3C2=Nc2ccc(OC)cc2)cc1. The van der Waals surface area contributed by atoms with Gasteiger partial charge < -0.3 is 9.47 Å². The van der Waals surface area contributed by atoms with Crippen LogP contribution in [0.4, 0.5) is 11.4 Å². The zero-order valence-electron chi connectivity index (χ0n) is 27.5. The molecule has 2 aliphatic rings. The van der Waals surface area contributed by atoms with Gasteiger partial charge in [-0.05, 0) is 59.7 Å². The van der Waals surface area contributed by atoms with Gasteiger partial charge in [0.2, 0.25) is 0 Å². The number of fused-ring (bicyclic) bond motifs is 2. The molecule has 0 aromatic heterocycles. The van der Waals surface area contributed by atoms with Gasteiger partial charge in [-0.25, -0.2) is 0 Å². The van der Waals surface area contributed by atoms with Crippen molar-refractivity contribution in [2.24, 2.45) is 9.98 Å². The second-order valence-corrected chi connectivity index (χ2v) is 12.3. The van der Waals surface area contributed by atoms with Crippen LogP contribution in [-0.4, -0.2) is 37.2 Å². The predicted octanol–water partition coefficient (Wildman–Crippen LogP) is 8.91. The molecule has 0 radical (unpaired) electrons. The molecule has 0 N–H and O–H groups in total. The van der Waals surface area contributed by atoms with Crippen LogP contribution >= 0.6 is 0 Å². The van der Waals surface area contributed by atoms with Crippen LogP contribution in [0.3, 0.4) is 0 Å². The largest absolute Gasteiger partial charge is 0.497 e. The first-order valence-corrected chi connectivity index (χ1v) is 16.4. The number of carbonyl (C=O) groups is 2. The van der Waals surface area contributed by atoms with Crippen molar-refractivity contribution in [3.05, 3.63) is 191 Å². The van der Waals surface area contributed by atoms with Gasteiger partial charge in [-0.1, -0.05) is 109 Å². The molecule has 0 amide bonds. The fourth-order valence-corrected chi connectivity index (χ4v) is 7.70. The number of ether oxygens (including phenoxy) is 2. The normalized spacial score (nSPS) is 20.9. The lowest BCUT2D eigenvalue weighted by molar-refractivity contribution is 0.0805. The Labute approximate surface area is 290 Å². The van der Waals surface area contributed by atoms with Crippen LogP contribution in [0.1, 0.15) is 43.0 Å². The van der Waals surface area contributed by atoms with Gasteiger partial charge in [0.05, 0.1) is 37.0 Å². The van der Waals surface area contributed by atoms with Crippen molar-refractivity contribution in [3.63, 3.8) is 0 Å². The molecule has 0 saturated heterocycles. The number of methoxy groups -OCH3 is 2. The van der Waals surface area contributed by atoms with Crippen LogP contribution in [0.15, 0.2) is 168 Å². The first-order chi connectivity index (χ1) is 24.5. The molecule has 6 nitrogen and oxygen atoms in total. The maximum atomic E-state index is 15.8. The van der Waals surface area contributed by atoms with E-state index in [9.17, 15) is 0 Å². The van der Waals surface area contributed by atoms with E-state index >= 15 is 9.59 Å². The summed E-state index contributed by atoms with van der Waals surface area (Å²) in [6.07, 6.45) is 0. The van der Waals surface area contributed by atoms with E-state index in [2.05, 4.69) is 0 Å². The smallest absolute Gasteiger partial charge is 0.181 e. The Balaban J connectivity index is 1.57. The molecule has 0 bridgehead atoms. The van der Waals surface area contributed by atoms with Crippen LogP contribution < -0.4 is 9.47 Å². The van der Waals surface area contributed by atoms with Crippen LogP contribution in [0.25, 0.3) is 0 Å². The molecule has 6 heteroatoms. The van der Waals surface area contributed by atoms with Gasteiger partial charge in [0, 0.05) is 22.3 Å². The molecule has 2 aliphatic carbocycles. The number of hydrogen-bond acceptors (Lipinski definition) is 6. The van der Waals surface area contributed by atoms with E-state index in [0.29, 0.717) is 67.7 Å². The van der Waals surface area contributed by atoms with Gasteiger partial charge in [0.25, 0.3) is 0 Å². The second kappa shape index (κ2) is 12.2. The van der Waals surface area contributed by atoms with Gasteiger partial charge >= 0.3 is 0 Å². The minimum absolute atomic E-state index is 0.223. The van der Waals surface area contributed by atoms with E-state index < -0.39 is 10.8 Å². The van der Waals surface area contributed by atoms with Gasteiger partial charge in [-0.3, -0.25) is 19.6 Å². The molecule has 50 heavy (non-hydrogen) atoms. The predicted molar refractivity (Wildman–Crippen MR) is 196 cm³/mol. The van der Waals surface area contributed by atoms with Crippen LogP contribution in [0, 0.1) is 0 Å². The molecule has 2 atom stereocenters. The Morgan fingerprint density at radius 3 is 1.06 bits per heavy atom. The summed E-state index contributed by atoms with van der Waals surface area (Å²) < 4.78 is 10.9. The van der Waals surface area contributed by atoms with Crippen LogP contribution in [0.5, 0.6) is 11.5 Å². The number of rotatable bonds is 7. The summed E-state index contributed by atoms with van der Waals surface area (Å²) in [5, 5.41) is 0. The van der Waals surface area contributed by atoms with E-state index in [4.69, 9.17) is 19.5 Å². The maximum Gasteiger partial charge on any atom is 0.181 e. The number of aliphatic imine (C=N–C) groups is 2. The topological polar surface area (TPSA) is 77.3 Å². The van der Waals surface area contributed by atoms with Crippen LogP contribution in [-0.2, 0) is 10.8 Å². The van der Waals surface area contributed by atoms with Crippen LogP contribution in [0.2, 0.25) is 0 Å². The van der Waals surface area contributed by atoms with Gasteiger partial charge in [-0.15, -0.1) is 0 Å². The van der Waals surface area contributed by atoms with E-state index in [-0.39, 0.29) is 11.6 Å². The monoisotopic (exact) mass is 652 g/mol. The third-order valence-electron chi connectivity index (χ3n) is 9.85. The molecular formula is C44H32N2O4. The second-order valence-electron chi connectivity index (χ2n) is 12.3. The molecule has 0 aliphatic heterocycles. The highest BCUT2D eigenvalue weighted by Crippen LogP contribution is 2.59. The zero-order valence-corrected chi connectivity index (χ0v) is 27.5. The van der Waals surface area contributed by atoms with Gasteiger partial charge in [0.1, 0.15) is 22.3 Å². The summed E-state index contributed by atoms with van der Waals surface area (Å²) in [5.41, 5.74) is 2.42. The van der Waals surface area contributed by atoms with E-state index in [1.165, 1.54) is 0 Å². The molecule has 6 aromatic rings. The average Bonchev–Trinajstić information content (AvgIpc) is 3.58. The molecule has 0 saturated carbocycles. The van der Waals surface area contributed by atoms with Crippen molar-refractivity contribution in [1.29, 1.82) is 0 Å². The van der Waals surface area contributed by atoms with Crippen molar-refractivity contribution in [2.75, 3.05) is 14.2 Å². The number of carbonyl (C=O) groups excluding carboxylic acids is 2. The lowest BCUT2D eigenvalue weighted by Crippen LogP contribution is -2.62. The number of hydrogen-bond donors (Lipinski definition) is 0. The van der Waals surface area contributed by atoms with Gasteiger partial charge in [-0.2, -0.15) is 0 Å². The van der Waals surface area contributed by atoms with E-state index in [0.717, 1.165) is 0 Å². The highest BCUT2D eigenvalue weighted by atomic mass is 16.5. The Bertz CT molecular complexity index is 2150. The summed E-state index contributed by atoms with van der Waals surface area (Å²) in [6, 6.07) is 49.0. The number of ketones is 2. The summed E-state index contributed by atoms with van der Waals surface area (Å²) in [5.74, 6) is 0.919. The molecular weight excluding hydrogens is 620 g/mol. The number of nitrogens with zero attached hydrogens (tertiary/aromatic N) is 2. The Morgan fingerprint density at radius 1 is 0.400 bits per heavy atom. The summed E-state index contributed by atoms with van der Waals surface area (Å²) in [7, 11) is 3.23. The highest BCUT2D eigenvalue weighted by molar-refractivity contribution is 6.47. The standard InChI is InChI=1S/C44H32N2O4/c1-49-33-25-21-31(22-26-33)45-39-35-17-9-11-19-37(35)41(47)43(39,29-13-5-3-6-14-29)44(30-15-7-4-8-16-30)40(36-18-10-12-20-38(36)42(44)48)46-32-23-27-34(50-2)28-24-32/h3-28H,1-2H3. The third-order valence-corrected chi connectivity index (χ3v) is 9.85. The molecule has 0 fully saturated rings. The van der Waals surface area contributed by atoms with Crippen molar-refractivity contribution in [2.45, 2.75) is 10.8 Å². The summed E-state index contributed by atoms with van der Waals surface area (Å²) >= 11 is 0. The molecule has 8 rings (SSSR count). The van der Waals surface area contributed by atoms with E-state index in [1.807, 2.05) is 158 Å². The Hall–Kier alpha value is -6.40. The lowest BCUT2D eigenvalue weighted by atomic mass is 9.51. The first-order valence-electron chi connectivity index (χ1n) is 16.4. The van der Waals surface area contributed by atoms with E-state index in [1.54, 1.807) is 14.2 Å². The maximum absolute atomic E-state index is 15.8. The average molecular weight is 653 g/mol. The molecule has 2 unspecified atom stereocenters. The molecule has 0 heterocycles. The molecule has 0 spiro atoms. The lowest BCUT2D eigenvalue weighted by Gasteiger charge is -2.45. The highest BCUT2D eigenvalue weighted by Gasteiger charge is 2.72. The molecule has 6 aromatic carbocycles. The number of benzene rings is 6. The minimum atomic E-state index is -1.68. The summed E-state index contributed by atoms with van der Waals surface area (Å²) in [4.78, 5) is 42.4. The first kappa shape index (κ1) is 30.9. The van der Waals surface area contributed by atoms with Crippen molar-refractivity contribution in [1.82, 2.24) is 0 Å². The Kier molecular flexibility index (Phi) is 7.57. The fraction of sp³-hybridized carbons (Fsp3) is 0.0909. The van der Waals surface area contributed by atoms with Crippen molar-refractivity contribution in [3.8, 4) is 11.5 Å². The minimum Gasteiger partial charge on any atom is -0.497 e. The zero-order chi connectivity index (χ0) is 34.3. The van der Waals surface area contributed by atoms with Crippen molar-refractivity contribution < 1.29 is 19.1 Å². The number of Topliss-reactive ketones (excluding diaryl/α,β-unsaturated/α-hetero) is 2. The third kappa shape index (κ3) is 4.42. The quantitative estimate of drug-likeness (QED) is 0.173.